The fourth-order valence-corrected chi connectivity index (χ4v) is 2.97. The fourth-order valence-electron chi connectivity index (χ4n) is 1.08. The maximum Gasteiger partial charge on any atom is 0.320 e. The molecule has 0 aliphatic heterocycles. The first kappa shape index (κ1) is 19.2. The third-order valence-electron chi connectivity index (χ3n) is 1.85. The van der Waals surface area contributed by atoms with Crippen LogP contribution < -0.4 is 5.73 Å². The van der Waals surface area contributed by atoms with E-state index in [1.54, 1.807) is 12.1 Å². The molecule has 0 fully saturated rings. The Hall–Kier alpha value is -0.170. The number of aliphatic carboxylic acids is 1. The van der Waals surface area contributed by atoms with E-state index in [0.29, 0.717) is 7.14 Å². The van der Waals surface area contributed by atoms with Crippen molar-refractivity contribution in [2.45, 2.75) is 12.5 Å². The molecule has 8 N–H and O–H groups in total. The molecular formula is C9H13I2NO5. The number of carbonyl (C=O) groups is 1. The van der Waals surface area contributed by atoms with Crippen LogP contribution >= 0.6 is 45.2 Å². The van der Waals surface area contributed by atoms with Crippen molar-refractivity contribution in [3.63, 3.8) is 0 Å². The molecular weight excluding hydrogens is 456 g/mol. The van der Waals surface area contributed by atoms with Gasteiger partial charge in [0.1, 0.15) is 11.8 Å². The van der Waals surface area contributed by atoms with Crippen molar-refractivity contribution in [1.29, 1.82) is 0 Å². The Morgan fingerprint density at radius 1 is 1.29 bits per heavy atom. The van der Waals surface area contributed by atoms with Crippen molar-refractivity contribution in [2.75, 3.05) is 0 Å². The van der Waals surface area contributed by atoms with Gasteiger partial charge < -0.3 is 26.9 Å². The van der Waals surface area contributed by atoms with E-state index in [-0.39, 0.29) is 23.1 Å². The molecule has 0 aromatic heterocycles. The first-order valence-electron chi connectivity index (χ1n) is 4.07. The number of hydrogen-bond acceptors (Lipinski definition) is 3. The summed E-state index contributed by atoms with van der Waals surface area (Å²) in [6, 6.07) is 2.57. The molecule has 1 aromatic rings. The summed E-state index contributed by atoms with van der Waals surface area (Å²) in [5, 5.41) is 18.2. The first-order valence-corrected chi connectivity index (χ1v) is 6.23. The fraction of sp³-hybridized carbons (Fsp3) is 0.222. The second kappa shape index (κ2) is 8.02. The molecule has 0 radical (unpaired) electrons. The highest BCUT2D eigenvalue weighted by molar-refractivity contribution is 14.1. The van der Waals surface area contributed by atoms with Gasteiger partial charge in [-0.15, -0.1) is 0 Å². The van der Waals surface area contributed by atoms with Crippen LogP contribution in [0.5, 0.6) is 5.75 Å². The predicted octanol–water partition coefficient (Wildman–Crippen LogP) is -0.0936. The number of phenols is 1. The largest absolute Gasteiger partial charge is 0.506 e. The summed E-state index contributed by atoms with van der Waals surface area (Å²) in [5.41, 5.74) is 6.24. The first-order chi connectivity index (χ1) is 6.91. The minimum absolute atomic E-state index is 0. The van der Waals surface area contributed by atoms with E-state index in [0.717, 1.165) is 5.56 Å². The van der Waals surface area contributed by atoms with Crippen molar-refractivity contribution in [1.82, 2.24) is 0 Å². The van der Waals surface area contributed by atoms with Gasteiger partial charge in [-0.2, -0.15) is 0 Å². The third kappa shape index (κ3) is 5.33. The highest BCUT2D eigenvalue weighted by atomic mass is 127. The van der Waals surface area contributed by atoms with Crippen LogP contribution in [0.4, 0.5) is 0 Å². The minimum Gasteiger partial charge on any atom is -0.506 e. The molecule has 17 heavy (non-hydrogen) atoms. The van der Waals surface area contributed by atoms with E-state index in [2.05, 4.69) is 0 Å². The molecule has 0 aliphatic rings. The van der Waals surface area contributed by atoms with Gasteiger partial charge >= 0.3 is 5.97 Å². The van der Waals surface area contributed by atoms with Crippen LogP contribution in [-0.4, -0.2) is 33.2 Å². The number of halogens is 2. The highest BCUT2D eigenvalue weighted by Gasteiger charge is 2.14. The number of nitrogens with two attached hydrogens (primary N) is 1. The van der Waals surface area contributed by atoms with Crippen LogP contribution in [0.25, 0.3) is 0 Å². The van der Waals surface area contributed by atoms with Crippen LogP contribution in [0.3, 0.4) is 0 Å². The molecule has 1 atom stereocenters. The SMILES string of the molecule is NC(Cc1cc(I)c(O)c(I)c1)C(=O)O.O.O. The number of aromatic hydroxyl groups is 1. The summed E-state index contributed by atoms with van der Waals surface area (Å²) in [6.07, 6.45) is 0.265. The van der Waals surface area contributed by atoms with Gasteiger partial charge in [0, 0.05) is 0 Å². The van der Waals surface area contributed by atoms with Crippen LogP contribution in [-0.2, 0) is 11.2 Å². The van der Waals surface area contributed by atoms with Crippen LogP contribution in [0.1, 0.15) is 5.56 Å². The molecule has 0 bridgehead atoms. The molecule has 6 nitrogen and oxygen atoms in total. The van der Waals surface area contributed by atoms with E-state index < -0.39 is 12.0 Å². The van der Waals surface area contributed by atoms with Gasteiger partial charge in [-0.1, -0.05) is 0 Å². The molecule has 0 saturated carbocycles. The monoisotopic (exact) mass is 469 g/mol. The van der Waals surface area contributed by atoms with Gasteiger partial charge in [0.15, 0.2) is 0 Å². The van der Waals surface area contributed by atoms with E-state index in [1.807, 2.05) is 45.2 Å². The maximum atomic E-state index is 10.6. The molecule has 8 heteroatoms. The molecule has 98 valence electrons. The molecule has 1 aromatic carbocycles. The zero-order valence-electron chi connectivity index (χ0n) is 8.58. The molecule has 0 spiro atoms. The number of benzene rings is 1. The smallest absolute Gasteiger partial charge is 0.320 e. The Labute approximate surface area is 125 Å². The van der Waals surface area contributed by atoms with Gasteiger partial charge in [0.25, 0.3) is 0 Å². The molecule has 0 saturated heterocycles. The lowest BCUT2D eigenvalue weighted by molar-refractivity contribution is -0.138. The van der Waals surface area contributed by atoms with Gasteiger partial charge in [-0.25, -0.2) is 0 Å². The van der Waals surface area contributed by atoms with Crippen molar-refractivity contribution >= 4 is 51.2 Å². The molecule has 0 aliphatic carbocycles. The minimum atomic E-state index is -1.02. The normalized spacial score (nSPS) is 11.0. The number of hydrogen-bond donors (Lipinski definition) is 3. The average Bonchev–Trinajstić information content (AvgIpc) is 2.13. The van der Waals surface area contributed by atoms with Crippen LogP contribution in [0, 0.1) is 7.14 Å². The van der Waals surface area contributed by atoms with E-state index in [1.165, 1.54) is 0 Å². The van der Waals surface area contributed by atoms with Crippen molar-refractivity contribution in [3.8, 4) is 5.75 Å². The van der Waals surface area contributed by atoms with E-state index >= 15 is 0 Å². The zero-order valence-corrected chi connectivity index (χ0v) is 12.9. The van der Waals surface area contributed by atoms with Crippen LogP contribution in [0.15, 0.2) is 12.1 Å². The zero-order chi connectivity index (χ0) is 11.6. The van der Waals surface area contributed by atoms with Gasteiger partial charge in [0.05, 0.1) is 7.14 Å². The summed E-state index contributed by atoms with van der Waals surface area (Å²) in [4.78, 5) is 10.6. The average molecular weight is 469 g/mol. The standard InChI is InChI=1S/C9H9I2NO3.2H2O/c10-5-1-4(2-6(11)8(5)13)3-7(12)9(14)15;;/h1-2,7,13H,3,12H2,(H,14,15);2*1H2. The van der Waals surface area contributed by atoms with Crippen molar-refractivity contribution < 1.29 is 26.0 Å². The molecule has 0 amide bonds. The Morgan fingerprint density at radius 2 is 1.71 bits per heavy atom. The van der Waals surface area contributed by atoms with E-state index in [4.69, 9.17) is 10.8 Å². The van der Waals surface area contributed by atoms with Crippen LogP contribution in [0.2, 0.25) is 0 Å². The number of carboxylic acid groups (broad SMARTS) is 1. The summed E-state index contributed by atoms with van der Waals surface area (Å²) in [7, 11) is 0. The second-order valence-corrected chi connectivity index (χ2v) is 5.38. The Bertz CT molecular complexity index is 376. The molecule has 1 rings (SSSR count). The summed E-state index contributed by atoms with van der Waals surface area (Å²) >= 11 is 3.99. The van der Waals surface area contributed by atoms with Gasteiger partial charge in [0.2, 0.25) is 0 Å². The quantitative estimate of drug-likeness (QED) is 0.531. The molecule has 0 heterocycles. The van der Waals surface area contributed by atoms with Crippen molar-refractivity contribution in [3.05, 3.63) is 24.8 Å². The highest BCUT2D eigenvalue weighted by Crippen LogP contribution is 2.27. The summed E-state index contributed by atoms with van der Waals surface area (Å²) in [5.74, 6) is -0.795. The maximum absolute atomic E-state index is 10.6. The number of carboxylic acids is 1. The Morgan fingerprint density at radius 3 is 2.06 bits per heavy atom. The number of rotatable bonds is 3. The lowest BCUT2D eigenvalue weighted by Gasteiger charge is -2.08. The van der Waals surface area contributed by atoms with Gasteiger partial charge in [-0.3, -0.25) is 4.79 Å². The second-order valence-electron chi connectivity index (χ2n) is 3.06. The van der Waals surface area contributed by atoms with E-state index in [9.17, 15) is 9.90 Å². The lowest BCUT2D eigenvalue weighted by atomic mass is 10.1. The van der Waals surface area contributed by atoms with Crippen molar-refractivity contribution in [2.24, 2.45) is 5.73 Å². The number of phenolic OH excluding ortho intramolecular Hbond substituents is 1. The summed E-state index contributed by atoms with van der Waals surface area (Å²) < 4.78 is 1.40. The Balaban J connectivity index is 0. The third-order valence-corrected chi connectivity index (χ3v) is 3.49. The molecule has 1 unspecified atom stereocenters. The Kier molecular flexibility index (Phi) is 9.05. The van der Waals surface area contributed by atoms with Gasteiger partial charge in [-0.05, 0) is 69.3 Å². The topological polar surface area (TPSA) is 147 Å². The summed E-state index contributed by atoms with van der Waals surface area (Å²) in [6.45, 7) is 0. The predicted molar refractivity (Wildman–Crippen MR) is 80.1 cm³/mol. The lowest BCUT2D eigenvalue weighted by Crippen LogP contribution is -2.32.